The van der Waals surface area contributed by atoms with Gasteiger partial charge in [-0.1, -0.05) is 30.3 Å². The van der Waals surface area contributed by atoms with Gasteiger partial charge >= 0.3 is 0 Å². The Kier molecular flexibility index (Phi) is 2.32. The van der Waals surface area contributed by atoms with Crippen LogP contribution in [0.1, 0.15) is 11.1 Å². The Balaban J connectivity index is 2.16. The van der Waals surface area contributed by atoms with Crippen molar-refractivity contribution in [3.05, 3.63) is 60.2 Å². The highest BCUT2D eigenvalue weighted by Gasteiger charge is 1.94. The van der Waals surface area contributed by atoms with Crippen molar-refractivity contribution in [3.63, 3.8) is 0 Å². The summed E-state index contributed by atoms with van der Waals surface area (Å²) in [5.74, 6) is 0. The van der Waals surface area contributed by atoms with E-state index in [-0.39, 0.29) is 0 Å². The lowest BCUT2D eigenvalue weighted by Crippen LogP contribution is -1.89. The first-order valence-corrected chi connectivity index (χ1v) is 4.23. The Morgan fingerprint density at radius 1 is 0.846 bits per heavy atom. The molecule has 13 heavy (non-hydrogen) atoms. The number of benzene rings is 1. The van der Waals surface area contributed by atoms with E-state index in [0.29, 0.717) is 0 Å². The monoisotopic (exact) mass is 170 g/mol. The first-order chi connectivity index (χ1) is 6.45. The molecule has 0 N–H and O–H groups in total. The van der Waals surface area contributed by atoms with Gasteiger partial charge in [-0.15, -0.1) is 0 Å². The normalized spacial score (nSPS) is 9.85. The number of hydrogen-bond acceptors (Lipinski definition) is 2. The van der Waals surface area contributed by atoms with Crippen LogP contribution < -0.4 is 0 Å². The van der Waals surface area contributed by atoms with Crippen molar-refractivity contribution in [1.82, 2.24) is 9.97 Å². The fourth-order valence-corrected chi connectivity index (χ4v) is 1.25. The fraction of sp³-hybridized carbons (Fsp3) is 0.0909. The van der Waals surface area contributed by atoms with Crippen LogP contribution in [0.3, 0.4) is 0 Å². The van der Waals surface area contributed by atoms with Gasteiger partial charge in [-0.2, -0.15) is 0 Å². The zero-order chi connectivity index (χ0) is 8.93. The molecular formula is C11H10N2. The fourth-order valence-electron chi connectivity index (χ4n) is 1.25. The molecule has 2 heteroatoms. The molecule has 0 unspecified atom stereocenters. The molecule has 2 rings (SSSR count). The molecule has 0 atom stereocenters. The largest absolute Gasteiger partial charge is 0.245 e. The zero-order valence-corrected chi connectivity index (χ0v) is 7.22. The van der Waals surface area contributed by atoms with E-state index >= 15 is 0 Å². The van der Waals surface area contributed by atoms with Gasteiger partial charge in [-0.05, 0) is 11.1 Å². The quantitative estimate of drug-likeness (QED) is 0.689. The molecule has 1 heterocycles. The number of nitrogens with zero attached hydrogens (tertiary/aromatic N) is 2. The van der Waals surface area contributed by atoms with Crippen LogP contribution in [-0.4, -0.2) is 9.97 Å². The van der Waals surface area contributed by atoms with Gasteiger partial charge in [0, 0.05) is 18.8 Å². The molecule has 0 fully saturated rings. The zero-order valence-electron chi connectivity index (χ0n) is 7.22. The summed E-state index contributed by atoms with van der Waals surface area (Å²) in [5, 5.41) is 0. The molecule has 1 aromatic carbocycles. The van der Waals surface area contributed by atoms with Gasteiger partial charge in [0.15, 0.2) is 0 Å². The van der Waals surface area contributed by atoms with Gasteiger partial charge in [-0.3, -0.25) is 0 Å². The van der Waals surface area contributed by atoms with Crippen molar-refractivity contribution >= 4 is 0 Å². The minimum atomic E-state index is 0.904. The molecule has 0 radical (unpaired) electrons. The van der Waals surface area contributed by atoms with Crippen molar-refractivity contribution in [1.29, 1.82) is 0 Å². The molecule has 0 amide bonds. The second-order valence-corrected chi connectivity index (χ2v) is 2.91. The predicted molar refractivity (Wildman–Crippen MR) is 51.3 cm³/mol. The highest BCUT2D eigenvalue weighted by molar-refractivity contribution is 5.21. The molecule has 0 aliphatic heterocycles. The summed E-state index contributed by atoms with van der Waals surface area (Å²) >= 11 is 0. The third kappa shape index (κ3) is 2.12. The molecule has 2 aromatic rings. The van der Waals surface area contributed by atoms with Crippen LogP contribution in [0.25, 0.3) is 0 Å². The van der Waals surface area contributed by atoms with Gasteiger partial charge < -0.3 is 0 Å². The van der Waals surface area contributed by atoms with Crippen molar-refractivity contribution in [2.75, 3.05) is 0 Å². The number of aromatic nitrogens is 2. The first kappa shape index (κ1) is 7.92. The lowest BCUT2D eigenvalue weighted by atomic mass is 10.1. The summed E-state index contributed by atoms with van der Waals surface area (Å²) < 4.78 is 0. The Bertz CT molecular complexity index is 319. The van der Waals surface area contributed by atoms with Crippen LogP contribution in [0, 0.1) is 0 Å². The molecule has 0 bridgehead atoms. The van der Waals surface area contributed by atoms with E-state index in [0.717, 1.165) is 12.0 Å². The topological polar surface area (TPSA) is 25.8 Å². The van der Waals surface area contributed by atoms with Gasteiger partial charge in [0.05, 0.1) is 0 Å². The second-order valence-electron chi connectivity index (χ2n) is 2.91. The van der Waals surface area contributed by atoms with Crippen LogP contribution in [0.4, 0.5) is 0 Å². The van der Waals surface area contributed by atoms with E-state index in [2.05, 4.69) is 22.1 Å². The molecule has 0 spiro atoms. The van der Waals surface area contributed by atoms with Gasteiger partial charge in [0.2, 0.25) is 0 Å². The van der Waals surface area contributed by atoms with Gasteiger partial charge in [0.25, 0.3) is 0 Å². The second kappa shape index (κ2) is 3.81. The maximum Gasteiger partial charge on any atom is 0.115 e. The lowest BCUT2D eigenvalue weighted by molar-refractivity contribution is 1.07. The summed E-state index contributed by atoms with van der Waals surface area (Å²) in [7, 11) is 0. The van der Waals surface area contributed by atoms with Crippen LogP contribution >= 0.6 is 0 Å². The van der Waals surface area contributed by atoms with E-state index < -0.39 is 0 Å². The van der Waals surface area contributed by atoms with Crippen molar-refractivity contribution < 1.29 is 0 Å². The molecule has 64 valence electrons. The highest BCUT2D eigenvalue weighted by atomic mass is 14.8. The van der Waals surface area contributed by atoms with E-state index in [1.165, 1.54) is 5.56 Å². The number of hydrogen-bond donors (Lipinski definition) is 0. The lowest BCUT2D eigenvalue weighted by Gasteiger charge is -1.98. The number of rotatable bonds is 2. The van der Waals surface area contributed by atoms with Crippen molar-refractivity contribution in [2.24, 2.45) is 0 Å². The maximum atomic E-state index is 3.97. The molecular weight excluding hydrogens is 160 g/mol. The van der Waals surface area contributed by atoms with E-state index in [9.17, 15) is 0 Å². The summed E-state index contributed by atoms with van der Waals surface area (Å²) in [5.41, 5.74) is 2.44. The molecule has 0 saturated heterocycles. The Labute approximate surface area is 77.3 Å². The van der Waals surface area contributed by atoms with E-state index in [1.54, 1.807) is 6.33 Å². The first-order valence-electron chi connectivity index (χ1n) is 4.23. The Morgan fingerprint density at radius 2 is 1.54 bits per heavy atom. The third-order valence-corrected chi connectivity index (χ3v) is 1.87. The molecule has 2 nitrogen and oxygen atoms in total. The predicted octanol–water partition coefficient (Wildman–Crippen LogP) is 2.07. The smallest absolute Gasteiger partial charge is 0.115 e. The van der Waals surface area contributed by atoms with Crippen LogP contribution in [0.2, 0.25) is 0 Å². The average molecular weight is 170 g/mol. The SMILES string of the molecule is c1ccc(Cc2cncnc2)cc1. The van der Waals surface area contributed by atoms with Crippen LogP contribution in [0.5, 0.6) is 0 Å². The molecule has 0 saturated carbocycles. The van der Waals surface area contributed by atoms with Gasteiger partial charge in [-0.25, -0.2) is 9.97 Å². The Morgan fingerprint density at radius 3 is 2.23 bits per heavy atom. The molecule has 1 aromatic heterocycles. The minimum Gasteiger partial charge on any atom is -0.245 e. The minimum absolute atomic E-state index is 0.904. The van der Waals surface area contributed by atoms with E-state index in [4.69, 9.17) is 0 Å². The maximum absolute atomic E-state index is 3.97. The van der Waals surface area contributed by atoms with Crippen LogP contribution in [-0.2, 0) is 6.42 Å². The van der Waals surface area contributed by atoms with Crippen LogP contribution in [0.15, 0.2) is 49.1 Å². The average Bonchev–Trinajstić information content (AvgIpc) is 2.21. The summed E-state index contributed by atoms with van der Waals surface area (Å²) in [4.78, 5) is 7.94. The Hall–Kier alpha value is -1.70. The highest BCUT2D eigenvalue weighted by Crippen LogP contribution is 2.05. The standard InChI is InChI=1S/C11H10N2/c1-2-4-10(5-3-1)6-11-7-12-9-13-8-11/h1-5,7-9H,6H2. The summed E-state index contributed by atoms with van der Waals surface area (Å²) in [6, 6.07) is 10.3. The third-order valence-electron chi connectivity index (χ3n) is 1.87. The van der Waals surface area contributed by atoms with Crippen molar-refractivity contribution in [2.45, 2.75) is 6.42 Å². The van der Waals surface area contributed by atoms with Gasteiger partial charge in [0.1, 0.15) is 6.33 Å². The summed E-state index contributed by atoms with van der Waals surface area (Å²) in [6.07, 6.45) is 6.15. The molecule has 0 aliphatic rings. The summed E-state index contributed by atoms with van der Waals surface area (Å²) in [6.45, 7) is 0. The van der Waals surface area contributed by atoms with E-state index in [1.807, 2.05) is 30.6 Å². The molecule has 0 aliphatic carbocycles. The van der Waals surface area contributed by atoms with Crippen molar-refractivity contribution in [3.8, 4) is 0 Å².